The lowest BCUT2D eigenvalue weighted by Crippen LogP contribution is -2.34. The minimum absolute atomic E-state index is 0.107. The molecule has 0 radical (unpaired) electrons. The van der Waals surface area contributed by atoms with Crippen molar-refractivity contribution in [1.82, 2.24) is 10.7 Å². The Balaban J connectivity index is 1.30. The van der Waals surface area contributed by atoms with Crippen LogP contribution in [0.4, 0.5) is 0 Å². The minimum Gasteiger partial charge on any atom is -0.488 e. The molecule has 0 bridgehead atoms. The van der Waals surface area contributed by atoms with E-state index in [9.17, 15) is 9.59 Å². The summed E-state index contributed by atoms with van der Waals surface area (Å²) in [7, 11) is 0. The molecule has 0 aromatic heterocycles. The number of nitrogens with zero attached hydrogens (tertiary/aromatic N) is 2. The zero-order chi connectivity index (χ0) is 24.6. The van der Waals surface area contributed by atoms with Gasteiger partial charge >= 0.3 is 0 Å². The molecule has 9 nitrogen and oxygen atoms in total. The molecule has 35 heavy (non-hydrogen) atoms. The second kappa shape index (κ2) is 11.0. The molecular weight excluding hydrogens is 472 g/mol. The zero-order valence-electron chi connectivity index (χ0n) is 18.3. The molecule has 3 aromatic rings. The highest BCUT2D eigenvalue weighted by Gasteiger charge is 2.16. The number of ether oxygens (including phenoxy) is 3. The summed E-state index contributed by atoms with van der Waals surface area (Å²) in [6, 6.07) is 18.9. The Morgan fingerprint density at radius 2 is 1.89 bits per heavy atom. The molecule has 0 spiro atoms. The van der Waals surface area contributed by atoms with Gasteiger partial charge in [-0.25, -0.2) is 5.43 Å². The lowest BCUT2D eigenvalue weighted by Gasteiger charge is -2.10. The summed E-state index contributed by atoms with van der Waals surface area (Å²) in [5.41, 5.74) is 4.70. The van der Waals surface area contributed by atoms with Crippen molar-refractivity contribution in [2.24, 2.45) is 5.10 Å². The summed E-state index contributed by atoms with van der Waals surface area (Å²) < 4.78 is 16.3. The number of hydrazone groups is 1. The van der Waals surface area contributed by atoms with E-state index in [1.807, 2.05) is 0 Å². The third-order valence-corrected chi connectivity index (χ3v) is 5.12. The van der Waals surface area contributed by atoms with Crippen molar-refractivity contribution in [3.05, 3.63) is 87.9 Å². The number of benzene rings is 3. The van der Waals surface area contributed by atoms with Gasteiger partial charge in [0.2, 0.25) is 6.79 Å². The van der Waals surface area contributed by atoms with Gasteiger partial charge in [-0.05, 0) is 54.1 Å². The highest BCUT2D eigenvalue weighted by molar-refractivity contribution is 6.30. The highest BCUT2D eigenvalue weighted by Crippen LogP contribution is 2.32. The van der Waals surface area contributed by atoms with E-state index in [0.717, 1.165) is 5.56 Å². The largest absolute Gasteiger partial charge is 0.488 e. The number of fused-ring (bicyclic) bond motifs is 1. The van der Waals surface area contributed by atoms with E-state index in [2.05, 4.69) is 21.9 Å². The third kappa shape index (κ3) is 6.28. The number of rotatable bonds is 8. The molecule has 3 aromatic carbocycles. The summed E-state index contributed by atoms with van der Waals surface area (Å²) in [5, 5.41) is 15.8. The number of nitriles is 1. The van der Waals surface area contributed by atoms with Crippen molar-refractivity contribution in [1.29, 1.82) is 5.26 Å². The normalized spacial score (nSPS) is 11.7. The predicted molar refractivity (Wildman–Crippen MR) is 128 cm³/mol. The summed E-state index contributed by atoms with van der Waals surface area (Å²) >= 11 is 6.09. The first-order chi connectivity index (χ1) is 17.0. The van der Waals surface area contributed by atoms with Crippen LogP contribution in [0.25, 0.3) is 0 Å². The summed E-state index contributed by atoms with van der Waals surface area (Å²) in [5.74, 6) is 0.598. The quantitative estimate of drug-likeness (QED) is 0.368. The number of halogens is 1. The standard InChI is InChI=1S/C25H19ClN4O5/c26-20-6-8-21(33-14-17-3-1-16(11-27)2-4-17)19(9-20)12-29-30-24(31)13-28-25(32)18-5-7-22-23(10-18)35-15-34-22/h1-10,12H,13-15H2,(H,28,32)(H,30,31)/b29-12+. The number of amides is 2. The Kier molecular flexibility index (Phi) is 7.45. The first-order valence-electron chi connectivity index (χ1n) is 10.4. The molecule has 0 saturated heterocycles. The van der Waals surface area contributed by atoms with Crippen LogP contribution in [-0.4, -0.2) is 31.4 Å². The molecule has 2 N–H and O–H groups in total. The van der Waals surface area contributed by atoms with E-state index >= 15 is 0 Å². The van der Waals surface area contributed by atoms with Gasteiger partial charge in [0.15, 0.2) is 11.5 Å². The minimum atomic E-state index is -0.516. The molecule has 176 valence electrons. The van der Waals surface area contributed by atoms with Crippen LogP contribution >= 0.6 is 11.6 Å². The van der Waals surface area contributed by atoms with Crippen molar-refractivity contribution >= 4 is 29.6 Å². The van der Waals surface area contributed by atoms with E-state index in [1.54, 1.807) is 60.7 Å². The highest BCUT2D eigenvalue weighted by atomic mass is 35.5. The van der Waals surface area contributed by atoms with Gasteiger partial charge in [-0.1, -0.05) is 23.7 Å². The van der Waals surface area contributed by atoms with Gasteiger partial charge in [-0.3, -0.25) is 9.59 Å². The van der Waals surface area contributed by atoms with Gasteiger partial charge in [-0.2, -0.15) is 10.4 Å². The van der Waals surface area contributed by atoms with Crippen LogP contribution in [-0.2, 0) is 11.4 Å². The van der Waals surface area contributed by atoms with Crippen molar-refractivity contribution in [2.45, 2.75) is 6.61 Å². The lowest BCUT2D eigenvalue weighted by molar-refractivity contribution is -0.120. The fourth-order valence-electron chi connectivity index (χ4n) is 3.10. The second-order valence-electron chi connectivity index (χ2n) is 7.32. The predicted octanol–water partition coefficient (Wildman–Crippen LogP) is 3.40. The van der Waals surface area contributed by atoms with Crippen LogP contribution in [0.1, 0.15) is 27.0 Å². The SMILES string of the molecule is N#Cc1ccc(COc2ccc(Cl)cc2/C=N/NC(=O)CNC(=O)c2ccc3c(c2)OCO3)cc1. The Hall–Kier alpha value is -4.55. The Morgan fingerprint density at radius 3 is 2.69 bits per heavy atom. The summed E-state index contributed by atoms with van der Waals surface area (Å²) in [6.07, 6.45) is 1.40. The van der Waals surface area contributed by atoms with Gasteiger partial charge in [0, 0.05) is 16.1 Å². The van der Waals surface area contributed by atoms with Crippen LogP contribution in [0.3, 0.4) is 0 Å². The maximum absolute atomic E-state index is 12.3. The molecule has 1 aliphatic heterocycles. The number of hydrogen-bond acceptors (Lipinski definition) is 7. The van der Waals surface area contributed by atoms with Gasteiger partial charge in [0.1, 0.15) is 12.4 Å². The monoisotopic (exact) mass is 490 g/mol. The lowest BCUT2D eigenvalue weighted by atomic mass is 10.1. The van der Waals surface area contributed by atoms with E-state index in [0.29, 0.717) is 39.0 Å². The maximum atomic E-state index is 12.3. The van der Waals surface area contributed by atoms with E-state index in [4.69, 9.17) is 31.1 Å². The molecule has 2 amide bonds. The molecule has 0 saturated carbocycles. The molecule has 10 heteroatoms. The maximum Gasteiger partial charge on any atom is 0.259 e. The van der Waals surface area contributed by atoms with Crippen molar-refractivity contribution in [3.63, 3.8) is 0 Å². The van der Waals surface area contributed by atoms with Crippen molar-refractivity contribution < 1.29 is 23.8 Å². The Labute approximate surface area is 205 Å². The number of nitrogens with one attached hydrogen (secondary N) is 2. The molecule has 1 heterocycles. The van der Waals surface area contributed by atoms with Crippen LogP contribution < -0.4 is 25.0 Å². The first kappa shape index (κ1) is 23.6. The summed E-state index contributed by atoms with van der Waals surface area (Å²) in [6.45, 7) is 0.101. The zero-order valence-corrected chi connectivity index (χ0v) is 19.0. The first-order valence-corrected chi connectivity index (χ1v) is 10.8. The number of hydrogen-bond donors (Lipinski definition) is 2. The summed E-state index contributed by atoms with van der Waals surface area (Å²) in [4.78, 5) is 24.4. The number of carbonyl (C=O) groups is 2. The van der Waals surface area contributed by atoms with Crippen LogP contribution in [0.2, 0.25) is 5.02 Å². The molecular formula is C25H19ClN4O5. The van der Waals surface area contributed by atoms with Gasteiger partial charge in [-0.15, -0.1) is 0 Å². The number of carbonyl (C=O) groups excluding carboxylic acids is 2. The topological polar surface area (TPSA) is 122 Å². The molecule has 0 unspecified atom stereocenters. The van der Waals surface area contributed by atoms with Crippen LogP contribution in [0.5, 0.6) is 17.2 Å². The van der Waals surface area contributed by atoms with Gasteiger partial charge in [0.05, 0.1) is 24.4 Å². The van der Waals surface area contributed by atoms with Crippen LogP contribution in [0.15, 0.2) is 65.8 Å². The molecule has 0 atom stereocenters. The second-order valence-corrected chi connectivity index (χ2v) is 7.76. The smallest absolute Gasteiger partial charge is 0.259 e. The molecule has 1 aliphatic rings. The average molecular weight is 491 g/mol. The molecule has 4 rings (SSSR count). The van der Waals surface area contributed by atoms with E-state index < -0.39 is 11.8 Å². The van der Waals surface area contributed by atoms with Gasteiger partial charge < -0.3 is 19.5 Å². The third-order valence-electron chi connectivity index (χ3n) is 4.89. The fourth-order valence-corrected chi connectivity index (χ4v) is 3.28. The Bertz CT molecular complexity index is 1320. The molecule has 0 aliphatic carbocycles. The van der Waals surface area contributed by atoms with Crippen molar-refractivity contribution in [3.8, 4) is 23.3 Å². The van der Waals surface area contributed by atoms with Crippen molar-refractivity contribution in [2.75, 3.05) is 13.3 Å². The van der Waals surface area contributed by atoms with Gasteiger partial charge in [0.25, 0.3) is 11.8 Å². The Morgan fingerprint density at radius 1 is 1.09 bits per heavy atom. The molecule has 0 fully saturated rings. The van der Waals surface area contributed by atoms with E-state index in [1.165, 1.54) is 6.21 Å². The van der Waals surface area contributed by atoms with E-state index in [-0.39, 0.29) is 19.9 Å². The average Bonchev–Trinajstić information content (AvgIpc) is 3.35. The fraction of sp³-hybridized carbons (Fsp3) is 0.120. The van der Waals surface area contributed by atoms with Crippen LogP contribution in [0, 0.1) is 11.3 Å².